The van der Waals surface area contributed by atoms with Gasteiger partial charge in [0.05, 0.1) is 18.1 Å². The van der Waals surface area contributed by atoms with Crippen LogP contribution < -0.4 is 10.1 Å². The first kappa shape index (κ1) is 19.2. The summed E-state index contributed by atoms with van der Waals surface area (Å²) < 4.78 is 7.16. The number of nitrogens with zero attached hydrogens (tertiary/aromatic N) is 3. The van der Waals surface area contributed by atoms with Crippen molar-refractivity contribution in [2.45, 2.75) is 10.9 Å². The lowest BCUT2D eigenvalue weighted by atomic mass is 10.1. The van der Waals surface area contributed by atoms with Crippen molar-refractivity contribution in [1.82, 2.24) is 19.6 Å². The lowest BCUT2D eigenvalue weighted by Crippen LogP contribution is -2.11. The number of imidazole rings is 1. The van der Waals surface area contributed by atoms with Crippen molar-refractivity contribution in [2.24, 2.45) is 0 Å². The Balaban J connectivity index is 1.26. The van der Waals surface area contributed by atoms with Crippen molar-refractivity contribution in [2.75, 3.05) is 12.4 Å². The van der Waals surface area contributed by atoms with E-state index in [2.05, 4.69) is 20.5 Å². The Labute approximate surface area is 182 Å². The molecule has 0 fully saturated rings. The molecule has 0 saturated carbocycles. The van der Waals surface area contributed by atoms with Crippen LogP contribution in [0, 0.1) is 0 Å². The maximum absolute atomic E-state index is 12.5. The predicted octanol–water partition coefficient (Wildman–Crippen LogP) is 4.76. The fourth-order valence-corrected chi connectivity index (χ4v) is 4.23. The van der Waals surface area contributed by atoms with Crippen molar-refractivity contribution in [1.29, 1.82) is 0 Å². The SMILES string of the molecule is COc1ccc(NC(=O)c2ccc(CSc3n[nH]c4nc5ccccc5n34)cc2)cc1. The zero-order valence-corrected chi connectivity index (χ0v) is 17.5. The monoisotopic (exact) mass is 429 g/mol. The van der Waals surface area contributed by atoms with E-state index in [9.17, 15) is 4.79 Å². The summed E-state index contributed by atoms with van der Waals surface area (Å²) in [6.45, 7) is 0. The third-order valence-electron chi connectivity index (χ3n) is 4.94. The van der Waals surface area contributed by atoms with E-state index in [1.807, 2.05) is 77.2 Å². The number of para-hydroxylation sites is 2. The Morgan fingerprint density at radius 3 is 2.61 bits per heavy atom. The normalized spacial score (nSPS) is 11.1. The van der Waals surface area contributed by atoms with E-state index in [0.29, 0.717) is 5.56 Å². The molecule has 154 valence electrons. The van der Waals surface area contributed by atoms with Crippen LogP contribution >= 0.6 is 11.8 Å². The Bertz CT molecular complexity index is 1360. The molecule has 8 heteroatoms. The topological polar surface area (TPSA) is 84.3 Å². The molecule has 0 unspecified atom stereocenters. The predicted molar refractivity (Wildman–Crippen MR) is 122 cm³/mol. The molecule has 0 bridgehead atoms. The summed E-state index contributed by atoms with van der Waals surface area (Å²) in [5, 5.41) is 11.1. The molecule has 0 radical (unpaired) electrons. The summed E-state index contributed by atoms with van der Waals surface area (Å²) in [6, 6.07) is 22.8. The van der Waals surface area contributed by atoms with E-state index in [4.69, 9.17) is 4.74 Å². The highest BCUT2D eigenvalue weighted by Gasteiger charge is 2.12. The van der Waals surface area contributed by atoms with Crippen LogP contribution in [0.25, 0.3) is 16.8 Å². The molecule has 0 aliphatic rings. The highest BCUT2D eigenvalue weighted by atomic mass is 32.2. The third kappa shape index (κ3) is 3.85. The number of amides is 1. The molecule has 5 aromatic rings. The van der Waals surface area contributed by atoms with Crippen LogP contribution in [0.5, 0.6) is 5.75 Å². The number of anilines is 1. The number of nitrogens with one attached hydrogen (secondary N) is 2. The average Bonchev–Trinajstić information content (AvgIpc) is 3.38. The van der Waals surface area contributed by atoms with Crippen molar-refractivity contribution < 1.29 is 9.53 Å². The Kier molecular flexibility index (Phi) is 5.05. The van der Waals surface area contributed by atoms with Crippen LogP contribution in [-0.2, 0) is 5.75 Å². The summed E-state index contributed by atoms with van der Waals surface area (Å²) in [5.41, 5.74) is 4.39. The fourth-order valence-electron chi connectivity index (χ4n) is 3.32. The molecule has 0 atom stereocenters. The molecule has 7 nitrogen and oxygen atoms in total. The van der Waals surface area contributed by atoms with Gasteiger partial charge in [0.25, 0.3) is 5.91 Å². The highest BCUT2D eigenvalue weighted by Crippen LogP contribution is 2.26. The van der Waals surface area contributed by atoms with Crippen LogP contribution in [0.2, 0.25) is 0 Å². The zero-order valence-electron chi connectivity index (χ0n) is 16.7. The van der Waals surface area contributed by atoms with Crippen molar-refractivity contribution in [3.8, 4) is 5.75 Å². The van der Waals surface area contributed by atoms with E-state index in [1.165, 1.54) is 0 Å². The second kappa shape index (κ2) is 8.16. The number of rotatable bonds is 6. The lowest BCUT2D eigenvalue weighted by Gasteiger charge is -2.07. The molecule has 2 heterocycles. The van der Waals surface area contributed by atoms with Gasteiger partial charge in [-0.3, -0.25) is 9.20 Å². The van der Waals surface area contributed by atoms with Crippen LogP contribution in [0.1, 0.15) is 15.9 Å². The molecule has 31 heavy (non-hydrogen) atoms. The van der Waals surface area contributed by atoms with Gasteiger partial charge in [0, 0.05) is 17.0 Å². The molecule has 3 aromatic carbocycles. The molecular weight excluding hydrogens is 410 g/mol. The number of hydrogen-bond acceptors (Lipinski definition) is 5. The number of thioether (sulfide) groups is 1. The van der Waals surface area contributed by atoms with Crippen molar-refractivity contribution in [3.05, 3.63) is 83.9 Å². The Morgan fingerprint density at radius 2 is 1.84 bits per heavy atom. The van der Waals surface area contributed by atoms with Gasteiger partial charge in [-0.25, -0.2) is 10.1 Å². The number of benzene rings is 3. The van der Waals surface area contributed by atoms with Gasteiger partial charge >= 0.3 is 0 Å². The van der Waals surface area contributed by atoms with Gasteiger partial charge in [-0.15, -0.1) is 5.10 Å². The van der Waals surface area contributed by atoms with E-state index < -0.39 is 0 Å². The van der Waals surface area contributed by atoms with E-state index in [1.54, 1.807) is 18.9 Å². The number of H-pyrrole nitrogens is 1. The van der Waals surface area contributed by atoms with Crippen molar-refractivity contribution >= 4 is 40.2 Å². The number of aromatic amines is 1. The molecular formula is C23H19N5O2S. The second-order valence-corrected chi connectivity index (χ2v) is 7.88. The Hall–Kier alpha value is -3.78. The summed E-state index contributed by atoms with van der Waals surface area (Å²) in [5.74, 6) is 2.06. The molecule has 0 aliphatic carbocycles. The summed E-state index contributed by atoms with van der Waals surface area (Å²) in [4.78, 5) is 17.0. The fraction of sp³-hybridized carbons (Fsp3) is 0.0870. The van der Waals surface area contributed by atoms with Gasteiger partial charge in [-0.05, 0) is 54.1 Å². The minimum atomic E-state index is -0.150. The van der Waals surface area contributed by atoms with Gasteiger partial charge in [-0.1, -0.05) is 36.0 Å². The van der Waals surface area contributed by atoms with Crippen LogP contribution in [0.3, 0.4) is 0 Å². The molecule has 1 amide bonds. The van der Waals surface area contributed by atoms with E-state index in [0.717, 1.165) is 44.7 Å². The second-order valence-electron chi connectivity index (χ2n) is 6.93. The van der Waals surface area contributed by atoms with Gasteiger partial charge < -0.3 is 10.1 Å². The average molecular weight is 430 g/mol. The molecule has 0 aliphatic heterocycles. The molecule has 2 N–H and O–H groups in total. The minimum absolute atomic E-state index is 0.150. The van der Waals surface area contributed by atoms with Crippen LogP contribution in [0.15, 0.2) is 78.0 Å². The van der Waals surface area contributed by atoms with Crippen molar-refractivity contribution in [3.63, 3.8) is 0 Å². The number of carbonyl (C=O) groups is 1. The first-order valence-corrected chi connectivity index (χ1v) is 10.7. The van der Waals surface area contributed by atoms with Gasteiger partial charge in [0.15, 0.2) is 5.16 Å². The van der Waals surface area contributed by atoms with Crippen LogP contribution in [0.4, 0.5) is 5.69 Å². The maximum atomic E-state index is 12.5. The zero-order chi connectivity index (χ0) is 21.2. The van der Waals surface area contributed by atoms with Crippen LogP contribution in [-0.4, -0.2) is 32.6 Å². The van der Waals surface area contributed by atoms with E-state index >= 15 is 0 Å². The largest absolute Gasteiger partial charge is 0.497 e. The quantitative estimate of drug-likeness (QED) is 0.380. The summed E-state index contributed by atoms with van der Waals surface area (Å²) in [6.07, 6.45) is 0. The minimum Gasteiger partial charge on any atom is -0.497 e. The highest BCUT2D eigenvalue weighted by molar-refractivity contribution is 7.98. The molecule has 2 aromatic heterocycles. The number of ether oxygens (including phenoxy) is 1. The first-order chi connectivity index (χ1) is 15.2. The molecule has 5 rings (SSSR count). The number of carbonyl (C=O) groups excluding carboxylic acids is 1. The third-order valence-corrected chi connectivity index (χ3v) is 5.95. The number of hydrogen-bond donors (Lipinski definition) is 2. The van der Waals surface area contributed by atoms with E-state index in [-0.39, 0.29) is 5.91 Å². The maximum Gasteiger partial charge on any atom is 0.255 e. The van der Waals surface area contributed by atoms with Gasteiger partial charge in [0.1, 0.15) is 5.75 Å². The summed E-state index contributed by atoms with van der Waals surface area (Å²) >= 11 is 1.62. The van der Waals surface area contributed by atoms with Gasteiger partial charge in [0.2, 0.25) is 5.78 Å². The number of methoxy groups -OCH3 is 1. The molecule has 0 saturated heterocycles. The summed E-state index contributed by atoms with van der Waals surface area (Å²) in [7, 11) is 1.61. The first-order valence-electron chi connectivity index (χ1n) is 9.70. The smallest absolute Gasteiger partial charge is 0.255 e. The number of fused-ring (bicyclic) bond motifs is 3. The van der Waals surface area contributed by atoms with Gasteiger partial charge in [-0.2, -0.15) is 0 Å². The Morgan fingerprint density at radius 1 is 1.06 bits per heavy atom. The molecule has 0 spiro atoms. The lowest BCUT2D eigenvalue weighted by molar-refractivity contribution is 0.102. The number of aromatic nitrogens is 4. The standard InChI is InChI=1S/C23H19N5O2S/c1-30-18-12-10-17(11-13-18)24-21(29)16-8-6-15(7-9-16)14-31-23-27-26-22-25-19-4-2-3-5-20(19)28(22)23/h2-13H,14H2,1H3,(H,24,29)(H,25,26).